The Morgan fingerprint density at radius 2 is 1.65 bits per heavy atom. The van der Waals surface area contributed by atoms with E-state index in [1.807, 2.05) is 0 Å². The molecule has 0 saturated carbocycles. The number of halogens is 1. The average molecular weight is 478 g/mol. The van der Waals surface area contributed by atoms with Crippen LogP contribution in [0.3, 0.4) is 0 Å². The zero-order valence-corrected chi connectivity index (χ0v) is 18.9. The maximum Gasteiger partial charge on any atom is 0.190 e. The molecule has 0 aliphatic carbocycles. The Labute approximate surface area is 175 Å². The van der Waals surface area contributed by atoms with E-state index in [2.05, 4.69) is 58.9 Å². The van der Waals surface area contributed by atoms with E-state index < -0.39 is 0 Å². The van der Waals surface area contributed by atoms with Crippen LogP contribution in [0.15, 0.2) is 29.3 Å². The van der Waals surface area contributed by atoms with E-state index in [4.69, 9.17) is 9.47 Å². The number of ether oxygens (including phenoxy) is 2. The van der Waals surface area contributed by atoms with Crippen LogP contribution in [0.5, 0.6) is 0 Å². The van der Waals surface area contributed by atoms with Crippen LogP contribution in [0.2, 0.25) is 0 Å². The van der Waals surface area contributed by atoms with Gasteiger partial charge in [0.05, 0.1) is 13.2 Å². The molecule has 0 heterocycles. The van der Waals surface area contributed by atoms with Gasteiger partial charge in [0.2, 0.25) is 0 Å². The van der Waals surface area contributed by atoms with Gasteiger partial charge in [0.1, 0.15) is 0 Å². The first-order chi connectivity index (χ1) is 12.2. The lowest BCUT2D eigenvalue weighted by atomic mass is 10.1. The molecular formula is C19H35IN4O2. The fraction of sp³-hybridized carbons (Fsp3) is 0.632. The molecule has 1 rings (SSSR count). The minimum atomic E-state index is 0. The van der Waals surface area contributed by atoms with Crippen molar-refractivity contribution in [1.82, 2.24) is 10.6 Å². The number of guanidine groups is 1. The lowest BCUT2D eigenvalue weighted by Crippen LogP contribution is -2.38. The zero-order valence-electron chi connectivity index (χ0n) is 16.6. The number of aryl methyl sites for hydroxylation is 1. The molecule has 6 nitrogen and oxygen atoms in total. The summed E-state index contributed by atoms with van der Waals surface area (Å²) in [7, 11) is 7.59. The fourth-order valence-electron chi connectivity index (χ4n) is 2.31. The smallest absolute Gasteiger partial charge is 0.190 e. The van der Waals surface area contributed by atoms with E-state index in [0.717, 1.165) is 44.9 Å². The largest absolute Gasteiger partial charge is 0.382 e. The van der Waals surface area contributed by atoms with Crippen molar-refractivity contribution < 1.29 is 9.47 Å². The van der Waals surface area contributed by atoms with E-state index >= 15 is 0 Å². The van der Waals surface area contributed by atoms with Gasteiger partial charge in [-0.3, -0.25) is 4.99 Å². The second kappa shape index (κ2) is 16.1. The molecular weight excluding hydrogens is 443 g/mol. The van der Waals surface area contributed by atoms with Crippen molar-refractivity contribution in [3.8, 4) is 0 Å². The predicted octanol–water partition coefficient (Wildman–Crippen LogP) is 2.52. The SMILES string of the molecule is CN=C(NCCCOCCOC)NCCCc1ccc(N(C)C)cc1.I. The highest BCUT2D eigenvalue weighted by molar-refractivity contribution is 14.0. The van der Waals surface area contributed by atoms with Gasteiger partial charge >= 0.3 is 0 Å². The first-order valence-electron chi connectivity index (χ1n) is 8.95. The fourth-order valence-corrected chi connectivity index (χ4v) is 2.31. The van der Waals surface area contributed by atoms with Gasteiger partial charge in [0, 0.05) is 53.6 Å². The summed E-state index contributed by atoms with van der Waals surface area (Å²) in [6, 6.07) is 8.73. The molecule has 2 N–H and O–H groups in total. The zero-order chi connectivity index (χ0) is 18.3. The maximum absolute atomic E-state index is 5.43. The third-order valence-corrected chi connectivity index (χ3v) is 3.80. The molecule has 0 atom stereocenters. The van der Waals surface area contributed by atoms with E-state index in [1.165, 1.54) is 11.3 Å². The highest BCUT2D eigenvalue weighted by Crippen LogP contribution is 2.13. The van der Waals surface area contributed by atoms with Crippen molar-refractivity contribution in [2.75, 3.05) is 66.1 Å². The van der Waals surface area contributed by atoms with Gasteiger partial charge < -0.3 is 25.0 Å². The van der Waals surface area contributed by atoms with Gasteiger partial charge in [-0.2, -0.15) is 0 Å². The minimum absolute atomic E-state index is 0. The van der Waals surface area contributed by atoms with Gasteiger partial charge in [-0.05, 0) is 37.0 Å². The van der Waals surface area contributed by atoms with E-state index in [9.17, 15) is 0 Å². The normalized spacial score (nSPS) is 11.0. The van der Waals surface area contributed by atoms with E-state index in [-0.39, 0.29) is 24.0 Å². The third kappa shape index (κ3) is 11.5. The molecule has 0 radical (unpaired) electrons. The number of hydrogen-bond donors (Lipinski definition) is 2. The average Bonchev–Trinajstić information content (AvgIpc) is 2.63. The quantitative estimate of drug-likeness (QED) is 0.209. The van der Waals surface area contributed by atoms with Crippen molar-refractivity contribution in [3.05, 3.63) is 29.8 Å². The monoisotopic (exact) mass is 478 g/mol. The predicted molar refractivity (Wildman–Crippen MR) is 121 cm³/mol. The Balaban J connectivity index is 0.00000625. The lowest BCUT2D eigenvalue weighted by Gasteiger charge is -2.13. The number of nitrogens with zero attached hydrogens (tertiary/aromatic N) is 2. The van der Waals surface area contributed by atoms with Gasteiger partial charge in [-0.1, -0.05) is 12.1 Å². The number of aliphatic imine (C=N–C) groups is 1. The number of anilines is 1. The molecule has 0 unspecified atom stereocenters. The number of benzene rings is 1. The van der Waals surface area contributed by atoms with Crippen molar-refractivity contribution >= 4 is 35.6 Å². The van der Waals surface area contributed by atoms with Crippen molar-refractivity contribution in [2.45, 2.75) is 19.3 Å². The van der Waals surface area contributed by atoms with Crippen LogP contribution in [0, 0.1) is 0 Å². The first kappa shape index (κ1) is 24.9. The Hall–Kier alpha value is -1.06. The molecule has 0 aliphatic heterocycles. The summed E-state index contributed by atoms with van der Waals surface area (Å²) >= 11 is 0. The van der Waals surface area contributed by atoms with Crippen LogP contribution in [-0.2, 0) is 15.9 Å². The maximum atomic E-state index is 5.43. The Morgan fingerprint density at radius 3 is 2.23 bits per heavy atom. The summed E-state index contributed by atoms with van der Waals surface area (Å²) < 4.78 is 10.4. The topological polar surface area (TPSA) is 58.1 Å². The number of rotatable bonds is 12. The standard InChI is InChI=1S/C19H34N4O2.HI/c1-20-19(22-13-6-14-25-16-15-24-4)21-12-5-7-17-8-10-18(11-9-17)23(2)3;/h8-11H,5-7,12-16H2,1-4H3,(H2,20,21,22);1H. The summed E-state index contributed by atoms with van der Waals surface area (Å²) in [6.07, 6.45) is 3.08. The summed E-state index contributed by atoms with van der Waals surface area (Å²) in [5, 5.41) is 6.65. The first-order valence-corrected chi connectivity index (χ1v) is 8.95. The summed E-state index contributed by atoms with van der Waals surface area (Å²) in [4.78, 5) is 6.35. The molecule has 0 bridgehead atoms. The van der Waals surface area contributed by atoms with Gasteiger partial charge in [-0.25, -0.2) is 0 Å². The van der Waals surface area contributed by atoms with Crippen molar-refractivity contribution in [3.63, 3.8) is 0 Å². The molecule has 26 heavy (non-hydrogen) atoms. The molecule has 150 valence electrons. The number of methoxy groups -OCH3 is 1. The van der Waals surface area contributed by atoms with E-state index in [1.54, 1.807) is 14.2 Å². The third-order valence-electron chi connectivity index (χ3n) is 3.80. The van der Waals surface area contributed by atoms with Crippen LogP contribution < -0.4 is 15.5 Å². The number of hydrogen-bond acceptors (Lipinski definition) is 4. The summed E-state index contributed by atoms with van der Waals surface area (Å²) in [5.41, 5.74) is 2.60. The minimum Gasteiger partial charge on any atom is -0.382 e. The molecule has 0 amide bonds. The highest BCUT2D eigenvalue weighted by atomic mass is 127. The van der Waals surface area contributed by atoms with Crippen LogP contribution in [-0.4, -0.2) is 67.1 Å². The van der Waals surface area contributed by atoms with E-state index in [0.29, 0.717) is 13.2 Å². The summed E-state index contributed by atoms with van der Waals surface area (Å²) in [5.74, 6) is 0.847. The summed E-state index contributed by atoms with van der Waals surface area (Å²) in [6.45, 7) is 3.78. The van der Waals surface area contributed by atoms with Crippen molar-refractivity contribution in [1.29, 1.82) is 0 Å². The molecule has 0 aliphatic rings. The molecule has 1 aromatic rings. The Bertz CT molecular complexity index is 481. The molecule has 0 saturated heterocycles. The molecule has 1 aromatic carbocycles. The van der Waals surface area contributed by atoms with Gasteiger partial charge in [0.25, 0.3) is 0 Å². The number of nitrogens with one attached hydrogen (secondary N) is 2. The second-order valence-corrected chi connectivity index (χ2v) is 6.05. The van der Waals surface area contributed by atoms with Crippen LogP contribution in [0.1, 0.15) is 18.4 Å². The highest BCUT2D eigenvalue weighted by Gasteiger charge is 1.99. The Morgan fingerprint density at radius 1 is 1.00 bits per heavy atom. The molecule has 0 fully saturated rings. The van der Waals surface area contributed by atoms with Crippen molar-refractivity contribution in [2.24, 2.45) is 4.99 Å². The van der Waals surface area contributed by atoms with Crippen LogP contribution in [0.4, 0.5) is 5.69 Å². The molecule has 7 heteroatoms. The molecule has 0 spiro atoms. The lowest BCUT2D eigenvalue weighted by molar-refractivity contribution is 0.0698. The second-order valence-electron chi connectivity index (χ2n) is 6.05. The van der Waals surface area contributed by atoms with Crippen LogP contribution in [0.25, 0.3) is 0 Å². The molecule has 0 aromatic heterocycles. The van der Waals surface area contributed by atoms with Crippen LogP contribution >= 0.6 is 24.0 Å². The van der Waals surface area contributed by atoms with Gasteiger partial charge in [0.15, 0.2) is 5.96 Å². The Kier molecular flexibility index (Phi) is 15.5. The van der Waals surface area contributed by atoms with Gasteiger partial charge in [-0.15, -0.1) is 24.0 Å².